The van der Waals surface area contributed by atoms with Gasteiger partial charge in [0.25, 0.3) is 5.91 Å². The summed E-state index contributed by atoms with van der Waals surface area (Å²) < 4.78 is 46.3. The molecule has 1 unspecified atom stereocenters. The maximum atomic E-state index is 12.9. The number of alkyl halides is 3. The second-order valence-electron chi connectivity index (χ2n) is 7.84. The van der Waals surface area contributed by atoms with E-state index in [-0.39, 0.29) is 12.0 Å². The molecule has 1 atom stereocenters. The lowest BCUT2D eigenvalue weighted by atomic mass is 10.0. The molecule has 3 aromatic rings. The van der Waals surface area contributed by atoms with Crippen LogP contribution in [0.3, 0.4) is 0 Å². The minimum absolute atomic E-state index is 0.0925. The molecule has 0 N–H and O–H groups in total. The Morgan fingerprint density at radius 2 is 2.00 bits per heavy atom. The minimum Gasteiger partial charge on any atom is -0.368 e. The second-order valence-corrected chi connectivity index (χ2v) is 7.84. The number of aromatic nitrogens is 3. The van der Waals surface area contributed by atoms with Gasteiger partial charge in [0.15, 0.2) is 0 Å². The predicted octanol–water partition coefficient (Wildman–Crippen LogP) is 3.95. The van der Waals surface area contributed by atoms with Crippen LogP contribution in [0.4, 0.5) is 13.2 Å². The number of aryl methyl sites for hydroxylation is 1. The smallest absolute Gasteiger partial charge is 0.368 e. The second kappa shape index (κ2) is 8.74. The number of pyridine rings is 1. The Kier molecular flexibility index (Phi) is 6.01. The molecular weight excluding hydrogens is 421 g/mol. The molecule has 1 aliphatic rings. The number of halogens is 3. The van der Waals surface area contributed by atoms with Gasteiger partial charge in [-0.2, -0.15) is 18.3 Å². The normalized spacial score (nSPS) is 16.9. The van der Waals surface area contributed by atoms with Gasteiger partial charge in [0.1, 0.15) is 6.10 Å². The van der Waals surface area contributed by atoms with E-state index in [1.807, 2.05) is 13.0 Å². The van der Waals surface area contributed by atoms with Crippen LogP contribution in [0.2, 0.25) is 0 Å². The van der Waals surface area contributed by atoms with E-state index < -0.39 is 11.7 Å². The zero-order valence-corrected chi connectivity index (χ0v) is 17.8. The summed E-state index contributed by atoms with van der Waals surface area (Å²) in [6, 6.07) is 8.92. The van der Waals surface area contributed by atoms with Crippen molar-refractivity contribution in [1.29, 1.82) is 0 Å². The number of carbonyl (C=O) groups is 1. The first kappa shape index (κ1) is 22.0. The molecule has 1 amide bonds. The maximum absolute atomic E-state index is 12.9. The van der Waals surface area contributed by atoms with Crippen LogP contribution in [-0.2, 0) is 24.4 Å². The monoisotopic (exact) mass is 444 g/mol. The number of ether oxygens (including phenoxy) is 1. The minimum atomic E-state index is -4.37. The summed E-state index contributed by atoms with van der Waals surface area (Å²) in [7, 11) is 1.79. The van der Waals surface area contributed by atoms with Gasteiger partial charge in [0, 0.05) is 25.5 Å². The number of morpholine rings is 1. The highest BCUT2D eigenvalue weighted by molar-refractivity contribution is 5.95. The zero-order chi connectivity index (χ0) is 22.9. The molecule has 1 fully saturated rings. The van der Waals surface area contributed by atoms with Gasteiger partial charge in [-0.05, 0) is 36.6 Å². The molecule has 0 bridgehead atoms. The van der Waals surface area contributed by atoms with Crippen LogP contribution in [0.25, 0.3) is 0 Å². The van der Waals surface area contributed by atoms with Crippen LogP contribution in [0.15, 0.2) is 48.8 Å². The first-order valence-electron chi connectivity index (χ1n) is 10.2. The third-order valence-corrected chi connectivity index (χ3v) is 5.66. The van der Waals surface area contributed by atoms with Gasteiger partial charge in [-0.15, -0.1) is 0 Å². The summed E-state index contributed by atoms with van der Waals surface area (Å²) >= 11 is 0. The molecule has 0 spiro atoms. The Balaban J connectivity index is 1.44. The summed E-state index contributed by atoms with van der Waals surface area (Å²) in [5, 5.41) is 4.14. The van der Waals surface area contributed by atoms with E-state index in [9.17, 15) is 18.0 Å². The van der Waals surface area contributed by atoms with Crippen molar-refractivity contribution in [3.63, 3.8) is 0 Å². The average Bonchev–Trinajstić information content (AvgIpc) is 3.12. The molecule has 6 nitrogen and oxygen atoms in total. The number of carbonyl (C=O) groups excluding carboxylic acids is 1. The Morgan fingerprint density at radius 3 is 2.66 bits per heavy atom. The highest BCUT2D eigenvalue weighted by atomic mass is 19.4. The van der Waals surface area contributed by atoms with E-state index in [4.69, 9.17) is 4.74 Å². The summed E-state index contributed by atoms with van der Waals surface area (Å²) in [5.74, 6) is -0.0925. The number of rotatable bonds is 4. The van der Waals surface area contributed by atoms with Crippen LogP contribution in [0.5, 0.6) is 0 Å². The highest BCUT2D eigenvalue weighted by Crippen LogP contribution is 2.30. The summed E-state index contributed by atoms with van der Waals surface area (Å²) in [6.45, 7) is 3.09. The van der Waals surface area contributed by atoms with E-state index >= 15 is 0 Å². The summed E-state index contributed by atoms with van der Waals surface area (Å²) in [4.78, 5) is 19.1. The number of hydrogen-bond acceptors (Lipinski definition) is 4. The Morgan fingerprint density at radius 1 is 1.19 bits per heavy atom. The fourth-order valence-corrected chi connectivity index (χ4v) is 3.72. The van der Waals surface area contributed by atoms with Crippen LogP contribution in [0.1, 0.15) is 44.5 Å². The van der Waals surface area contributed by atoms with Gasteiger partial charge < -0.3 is 9.64 Å². The van der Waals surface area contributed by atoms with Gasteiger partial charge >= 0.3 is 6.18 Å². The quantitative estimate of drug-likeness (QED) is 0.612. The van der Waals surface area contributed by atoms with Gasteiger partial charge in [0.05, 0.1) is 36.2 Å². The molecule has 1 saturated heterocycles. The third kappa shape index (κ3) is 4.67. The van der Waals surface area contributed by atoms with E-state index in [0.717, 1.165) is 23.4 Å². The standard InChI is InChI=1S/C23H23F3N4O2/c1-15-19(13-28-29(15)2)22(31)30-8-9-32-21(14-30)20-7-6-17(12-27-20)10-16-4-3-5-18(11-16)23(24,25)26/h3-7,11-13,21H,8-10,14H2,1-2H3. The first-order valence-corrected chi connectivity index (χ1v) is 10.2. The van der Waals surface area contributed by atoms with Gasteiger partial charge in [-0.25, -0.2) is 0 Å². The van der Waals surface area contributed by atoms with Crippen molar-refractivity contribution >= 4 is 5.91 Å². The molecule has 168 valence electrons. The fourth-order valence-electron chi connectivity index (χ4n) is 3.72. The zero-order valence-electron chi connectivity index (χ0n) is 17.8. The molecule has 4 rings (SSSR count). The Labute approximate surface area is 183 Å². The summed E-state index contributed by atoms with van der Waals surface area (Å²) in [5.41, 5.74) is 2.74. The van der Waals surface area contributed by atoms with Crippen molar-refractivity contribution in [3.8, 4) is 0 Å². The fraction of sp³-hybridized carbons (Fsp3) is 0.348. The topological polar surface area (TPSA) is 60.3 Å². The number of nitrogens with zero attached hydrogens (tertiary/aromatic N) is 4. The lowest BCUT2D eigenvalue weighted by molar-refractivity contribution is -0.137. The molecule has 0 saturated carbocycles. The Bertz CT molecular complexity index is 1110. The molecule has 1 aromatic carbocycles. The Hall–Kier alpha value is -3.20. The molecule has 3 heterocycles. The number of benzene rings is 1. The summed E-state index contributed by atoms with van der Waals surface area (Å²) in [6.07, 6.45) is -1.18. The third-order valence-electron chi connectivity index (χ3n) is 5.66. The largest absolute Gasteiger partial charge is 0.416 e. The molecule has 1 aliphatic heterocycles. The van der Waals surface area contributed by atoms with Crippen molar-refractivity contribution in [2.75, 3.05) is 19.7 Å². The molecule has 9 heteroatoms. The van der Waals surface area contributed by atoms with Crippen molar-refractivity contribution in [3.05, 3.63) is 82.4 Å². The molecular formula is C23H23F3N4O2. The number of hydrogen-bond donors (Lipinski definition) is 0. The first-order chi connectivity index (χ1) is 15.2. The van der Waals surface area contributed by atoms with Crippen LogP contribution in [0, 0.1) is 6.92 Å². The van der Waals surface area contributed by atoms with E-state index in [0.29, 0.717) is 42.9 Å². The lowest BCUT2D eigenvalue weighted by Crippen LogP contribution is -2.42. The van der Waals surface area contributed by atoms with E-state index in [1.54, 1.807) is 41.2 Å². The van der Waals surface area contributed by atoms with Gasteiger partial charge in [-0.3, -0.25) is 14.5 Å². The van der Waals surface area contributed by atoms with Gasteiger partial charge in [0.2, 0.25) is 0 Å². The van der Waals surface area contributed by atoms with Gasteiger partial charge in [-0.1, -0.05) is 24.3 Å². The van der Waals surface area contributed by atoms with E-state index in [1.165, 1.54) is 6.07 Å². The van der Waals surface area contributed by atoms with E-state index in [2.05, 4.69) is 10.1 Å². The highest BCUT2D eigenvalue weighted by Gasteiger charge is 2.30. The van der Waals surface area contributed by atoms with Crippen LogP contribution >= 0.6 is 0 Å². The van der Waals surface area contributed by atoms with Crippen molar-refractivity contribution in [1.82, 2.24) is 19.7 Å². The molecule has 32 heavy (non-hydrogen) atoms. The van der Waals surface area contributed by atoms with Crippen molar-refractivity contribution in [2.24, 2.45) is 7.05 Å². The SMILES string of the molecule is Cc1c(C(=O)N2CCOC(c3ccc(Cc4cccc(C(F)(F)F)c4)cn3)C2)cnn1C. The molecule has 2 aromatic heterocycles. The average molecular weight is 444 g/mol. The van der Waals surface area contributed by atoms with Crippen LogP contribution < -0.4 is 0 Å². The predicted molar refractivity (Wildman–Crippen MR) is 111 cm³/mol. The van der Waals surface area contributed by atoms with Crippen molar-refractivity contribution in [2.45, 2.75) is 25.6 Å². The molecule has 0 radical (unpaired) electrons. The lowest BCUT2D eigenvalue weighted by Gasteiger charge is -2.32. The van der Waals surface area contributed by atoms with Crippen LogP contribution in [-0.4, -0.2) is 45.3 Å². The molecule has 0 aliphatic carbocycles. The maximum Gasteiger partial charge on any atom is 0.416 e. The van der Waals surface area contributed by atoms with Crippen molar-refractivity contribution < 1.29 is 22.7 Å². The number of amides is 1.